The zero-order chi connectivity index (χ0) is 10.4. The highest BCUT2D eigenvalue weighted by atomic mass is 16.5. The Morgan fingerprint density at radius 1 is 1.36 bits per heavy atom. The normalized spacial score (nSPS) is 21.4. The fraction of sp³-hybridized carbons (Fsp3) is 1.00. The summed E-state index contributed by atoms with van der Waals surface area (Å²) in [5.41, 5.74) is 0.0994. The second kappa shape index (κ2) is 5.69. The monoisotopic (exact) mass is 201 g/mol. The maximum absolute atomic E-state index is 9.48. The third-order valence-corrected chi connectivity index (χ3v) is 3.10. The third-order valence-electron chi connectivity index (χ3n) is 3.10. The van der Waals surface area contributed by atoms with Crippen LogP contribution in [0.1, 0.15) is 26.2 Å². The molecule has 0 aliphatic carbocycles. The van der Waals surface area contributed by atoms with Crippen molar-refractivity contribution in [1.29, 1.82) is 0 Å². The van der Waals surface area contributed by atoms with Crippen LogP contribution in [0.2, 0.25) is 0 Å². The van der Waals surface area contributed by atoms with Gasteiger partial charge in [0, 0.05) is 25.2 Å². The molecular weight excluding hydrogens is 178 g/mol. The molecule has 0 aromatic rings. The average Bonchev–Trinajstić information content (AvgIpc) is 2.19. The fourth-order valence-electron chi connectivity index (χ4n) is 2.20. The van der Waals surface area contributed by atoms with E-state index in [0.717, 1.165) is 39.1 Å². The Labute approximate surface area is 87.1 Å². The Morgan fingerprint density at radius 2 is 2.00 bits per heavy atom. The number of aliphatic hydroxyl groups is 1. The molecule has 84 valence electrons. The van der Waals surface area contributed by atoms with E-state index in [1.165, 1.54) is 6.42 Å². The van der Waals surface area contributed by atoms with Gasteiger partial charge in [0.2, 0.25) is 0 Å². The van der Waals surface area contributed by atoms with E-state index in [4.69, 9.17) is 4.74 Å². The Hall–Kier alpha value is -0.120. The van der Waals surface area contributed by atoms with Crippen LogP contribution in [0.3, 0.4) is 0 Å². The number of ether oxygens (including phenoxy) is 1. The topological polar surface area (TPSA) is 32.7 Å². The minimum absolute atomic E-state index is 0.0994. The van der Waals surface area contributed by atoms with Crippen molar-refractivity contribution in [3.8, 4) is 0 Å². The summed E-state index contributed by atoms with van der Waals surface area (Å²) in [5, 5.41) is 9.48. The number of hydrogen-bond donors (Lipinski definition) is 1. The molecule has 0 amide bonds. The summed E-state index contributed by atoms with van der Waals surface area (Å²) in [4.78, 5) is 2.32. The van der Waals surface area contributed by atoms with Crippen molar-refractivity contribution in [2.24, 2.45) is 5.41 Å². The van der Waals surface area contributed by atoms with E-state index >= 15 is 0 Å². The van der Waals surface area contributed by atoms with E-state index in [9.17, 15) is 5.11 Å². The van der Waals surface area contributed by atoms with Gasteiger partial charge in [0.1, 0.15) is 0 Å². The first-order chi connectivity index (χ1) is 6.72. The number of aliphatic hydroxyl groups excluding tert-OH is 1. The van der Waals surface area contributed by atoms with Gasteiger partial charge < -0.3 is 14.7 Å². The van der Waals surface area contributed by atoms with E-state index in [1.54, 1.807) is 0 Å². The van der Waals surface area contributed by atoms with E-state index in [2.05, 4.69) is 18.9 Å². The van der Waals surface area contributed by atoms with Crippen LogP contribution >= 0.6 is 0 Å². The Kier molecular flexibility index (Phi) is 4.85. The summed E-state index contributed by atoms with van der Waals surface area (Å²) in [6, 6.07) is 0. The average molecular weight is 201 g/mol. The second-order valence-electron chi connectivity index (χ2n) is 4.51. The predicted octanol–water partition coefficient (Wildman–Crippen LogP) is 1.12. The first-order valence-corrected chi connectivity index (χ1v) is 5.59. The molecule has 3 heteroatoms. The molecule has 14 heavy (non-hydrogen) atoms. The van der Waals surface area contributed by atoms with Crippen LogP contribution in [0, 0.1) is 5.41 Å². The van der Waals surface area contributed by atoms with Crippen LogP contribution in [0.15, 0.2) is 0 Å². The van der Waals surface area contributed by atoms with Gasteiger partial charge in [-0.05, 0) is 32.9 Å². The minimum Gasteiger partial charge on any atom is -0.396 e. The molecule has 0 spiro atoms. The molecule has 0 bridgehead atoms. The number of hydrogen-bond acceptors (Lipinski definition) is 3. The Balaban J connectivity index is 2.42. The number of nitrogens with zero attached hydrogens (tertiary/aromatic N) is 1. The lowest BCUT2D eigenvalue weighted by Gasteiger charge is -2.38. The van der Waals surface area contributed by atoms with Crippen molar-refractivity contribution in [1.82, 2.24) is 4.90 Å². The van der Waals surface area contributed by atoms with Crippen molar-refractivity contribution in [2.75, 3.05) is 40.0 Å². The molecule has 1 fully saturated rings. The summed E-state index contributed by atoms with van der Waals surface area (Å²) in [5.74, 6) is 0. The third kappa shape index (κ3) is 3.23. The predicted molar refractivity (Wildman–Crippen MR) is 57.4 cm³/mol. The summed E-state index contributed by atoms with van der Waals surface area (Å²) < 4.78 is 5.34. The fourth-order valence-corrected chi connectivity index (χ4v) is 2.20. The quantitative estimate of drug-likeness (QED) is 0.723. The van der Waals surface area contributed by atoms with Crippen LogP contribution in [0.5, 0.6) is 0 Å². The molecule has 0 aromatic carbocycles. The molecule has 1 aliphatic rings. The summed E-state index contributed by atoms with van der Waals surface area (Å²) >= 11 is 0. The zero-order valence-corrected chi connectivity index (χ0v) is 9.46. The zero-order valence-electron chi connectivity index (χ0n) is 9.46. The second-order valence-corrected chi connectivity index (χ2v) is 4.51. The lowest BCUT2D eigenvalue weighted by Crippen LogP contribution is -2.42. The van der Waals surface area contributed by atoms with Crippen molar-refractivity contribution in [3.63, 3.8) is 0 Å². The first kappa shape index (κ1) is 12.0. The molecule has 0 unspecified atom stereocenters. The lowest BCUT2D eigenvalue weighted by atomic mass is 9.80. The molecule has 0 radical (unpaired) electrons. The SMILES string of the molecule is CCCN(C)CC1(CO)CCOCC1. The molecule has 0 saturated carbocycles. The van der Waals surface area contributed by atoms with Gasteiger partial charge in [0.15, 0.2) is 0 Å². The molecule has 1 rings (SSSR count). The van der Waals surface area contributed by atoms with E-state index in [0.29, 0.717) is 6.61 Å². The molecular formula is C11H23NO2. The van der Waals surface area contributed by atoms with Gasteiger partial charge in [0.25, 0.3) is 0 Å². The maximum Gasteiger partial charge on any atom is 0.0501 e. The van der Waals surface area contributed by atoms with E-state index in [-0.39, 0.29) is 5.41 Å². The van der Waals surface area contributed by atoms with Gasteiger partial charge >= 0.3 is 0 Å². The molecule has 1 aliphatic heterocycles. The smallest absolute Gasteiger partial charge is 0.0501 e. The lowest BCUT2D eigenvalue weighted by molar-refractivity contribution is -0.0307. The Morgan fingerprint density at radius 3 is 2.50 bits per heavy atom. The molecule has 3 nitrogen and oxygen atoms in total. The maximum atomic E-state index is 9.48. The standard InChI is InChI=1S/C11H23NO2/c1-3-6-12(2)9-11(10-13)4-7-14-8-5-11/h13H,3-10H2,1-2H3. The van der Waals surface area contributed by atoms with Crippen LogP contribution in [0.25, 0.3) is 0 Å². The summed E-state index contributed by atoms with van der Waals surface area (Å²) in [6.45, 7) is 6.21. The van der Waals surface area contributed by atoms with Crippen molar-refractivity contribution in [3.05, 3.63) is 0 Å². The van der Waals surface area contributed by atoms with Crippen molar-refractivity contribution >= 4 is 0 Å². The van der Waals surface area contributed by atoms with Gasteiger partial charge in [-0.25, -0.2) is 0 Å². The first-order valence-electron chi connectivity index (χ1n) is 5.59. The molecule has 1 N–H and O–H groups in total. The van der Waals surface area contributed by atoms with Crippen molar-refractivity contribution < 1.29 is 9.84 Å². The summed E-state index contributed by atoms with van der Waals surface area (Å²) in [7, 11) is 2.14. The molecule has 1 heterocycles. The van der Waals surface area contributed by atoms with E-state index < -0.39 is 0 Å². The van der Waals surface area contributed by atoms with Gasteiger partial charge in [-0.15, -0.1) is 0 Å². The molecule has 0 atom stereocenters. The van der Waals surface area contributed by atoms with Gasteiger partial charge in [-0.3, -0.25) is 0 Å². The van der Waals surface area contributed by atoms with Crippen LogP contribution in [-0.4, -0.2) is 50.0 Å². The highest BCUT2D eigenvalue weighted by molar-refractivity contribution is 4.83. The van der Waals surface area contributed by atoms with Gasteiger partial charge in [-0.1, -0.05) is 6.92 Å². The van der Waals surface area contributed by atoms with Crippen LogP contribution in [-0.2, 0) is 4.74 Å². The van der Waals surface area contributed by atoms with Gasteiger partial charge in [-0.2, -0.15) is 0 Å². The largest absolute Gasteiger partial charge is 0.396 e. The molecule has 1 saturated heterocycles. The highest BCUT2D eigenvalue weighted by Gasteiger charge is 2.32. The Bertz CT molecular complexity index is 155. The number of rotatable bonds is 5. The van der Waals surface area contributed by atoms with Crippen LogP contribution < -0.4 is 0 Å². The summed E-state index contributed by atoms with van der Waals surface area (Å²) in [6.07, 6.45) is 3.17. The molecule has 0 aromatic heterocycles. The highest BCUT2D eigenvalue weighted by Crippen LogP contribution is 2.30. The van der Waals surface area contributed by atoms with Gasteiger partial charge in [0.05, 0.1) is 6.61 Å². The van der Waals surface area contributed by atoms with Crippen LogP contribution in [0.4, 0.5) is 0 Å². The minimum atomic E-state index is 0.0994. The van der Waals surface area contributed by atoms with Crippen molar-refractivity contribution in [2.45, 2.75) is 26.2 Å². The van der Waals surface area contributed by atoms with E-state index in [1.807, 2.05) is 0 Å².